The lowest BCUT2D eigenvalue weighted by atomic mass is 9.44. The van der Waals surface area contributed by atoms with Crippen molar-refractivity contribution < 1.29 is 22.8 Å². The van der Waals surface area contributed by atoms with E-state index >= 15 is 0 Å². The van der Waals surface area contributed by atoms with Gasteiger partial charge in [-0.05, 0) is 32.1 Å². The van der Waals surface area contributed by atoms with Gasteiger partial charge in [-0.25, -0.2) is 13.8 Å². The SMILES string of the molecule is Cc1ncc(C(=O)NCC2(C)CC(F)(F)CN2C(=O)C23CC(C2)C3)o1. The van der Waals surface area contributed by atoms with Crippen molar-refractivity contribution in [3.63, 3.8) is 0 Å². The van der Waals surface area contributed by atoms with E-state index in [0.29, 0.717) is 11.8 Å². The van der Waals surface area contributed by atoms with E-state index in [9.17, 15) is 18.4 Å². The van der Waals surface area contributed by atoms with E-state index in [4.69, 9.17) is 4.42 Å². The van der Waals surface area contributed by atoms with Crippen molar-refractivity contribution in [2.45, 2.75) is 51.0 Å². The van der Waals surface area contributed by atoms with Gasteiger partial charge in [-0.3, -0.25) is 9.59 Å². The van der Waals surface area contributed by atoms with Crippen LogP contribution in [-0.2, 0) is 4.79 Å². The standard InChI is InChI=1S/C17H21F2N3O3/c1-10-20-6-12(25-10)13(23)21-8-15(2)7-17(18,19)9-22(15)14(24)16-3-11(4-16)5-16/h6,11H,3-5,7-9H2,1-2H3,(H,21,23). The summed E-state index contributed by atoms with van der Waals surface area (Å²) in [7, 11) is 0. The molecule has 3 saturated carbocycles. The highest BCUT2D eigenvalue weighted by atomic mass is 19.3. The Labute approximate surface area is 144 Å². The van der Waals surface area contributed by atoms with Crippen LogP contribution in [-0.4, -0.2) is 46.2 Å². The first kappa shape index (κ1) is 16.5. The highest BCUT2D eigenvalue weighted by Gasteiger charge is 2.66. The summed E-state index contributed by atoms with van der Waals surface area (Å²) in [6.45, 7) is 2.60. The zero-order chi connectivity index (χ0) is 18.0. The van der Waals surface area contributed by atoms with Crippen LogP contribution in [0, 0.1) is 18.3 Å². The predicted octanol–water partition coefficient (Wildman–Crippen LogP) is 2.14. The number of rotatable bonds is 4. The monoisotopic (exact) mass is 353 g/mol. The number of nitrogens with zero attached hydrogens (tertiary/aromatic N) is 2. The Morgan fingerprint density at radius 1 is 1.40 bits per heavy atom. The third-order valence-corrected chi connectivity index (χ3v) is 5.89. The number of aryl methyl sites for hydroxylation is 1. The molecule has 4 fully saturated rings. The van der Waals surface area contributed by atoms with Gasteiger partial charge in [0.2, 0.25) is 11.7 Å². The summed E-state index contributed by atoms with van der Waals surface area (Å²) < 4.78 is 33.3. The normalized spacial score (nSPS) is 35.0. The molecule has 2 amide bonds. The second-order valence-electron chi connectivity index (χ2n) is 8.11. The fraction of sp³-hybridized carbons (Fsp3) is 0.706. The molecule has 5 rings (SSSR count). The molecule has 2 bridgehead atoms. The number of carbonyl (C=O) groups excluding carboxylic acids is 2. The van der Waals surface area contributed by atoms with Gasteiger partial charge in [-0.1, -0.05) is 0 Å². The molecule has 25 heavy (non-hydrogen) atoms. The van der Waals surface area contributed by atoms with Crippen molar-refractivity contribution >= 4 is 11.8 Å². The van der Waals surface area contributed by atoms with Gasteiger partial charge in [0.05, 0.1) is 23.7 Å². The molecule has 4 aliphatic rings. The molecule has 8 heteroatoms. The van der Waals surface area contributed by atoms with Gasteiger partial charge in [0.1, 0.15) is 0 Å². The van der Waals surface area contributed by atoms with E-state index in [-0.39, 0.29) is 18.2 Å². The number of likely N-dealkylation sites (tertiary alicyclic amines) is 1. The Bertz CT molecular complexity index is 730. The quantitative estimate of drug-likeness (QED) is 0.900. The minimum Gasteiger partial charge on any atom is -0.436 e. The van der Waals surface area contributed by atoms with E-state index in [1.807, 2.05) is 0 Å². The summed E-state index contributed by atoms with van der Waals surface area (Å²) >= 11 is 0. The van der Waals surface area contributed by atoms with Gasteiger partial charge >= 0.3 is 0 Å². The molecule has 1 aliphatic heterocycles. The predicted molar refractivity (Wildman–Crippen MR) is 83.0 cm³/mol. The van der Waals surface area contributed by atoms with Gasteiger partial charge in [-0.15, -0.1) is 0 Å². The van der Waals surface area contributed by atoms with E-state index in [0.717, 1.165) is 19.3 Å². The molecule has 1 atom stereocenters. The third kappa shape index (κ3) is 2.53. The summed E-state index contributed by atoms with van der Waals surface area (Å²) in [6, 6.07) is 0. The third-order valence-electron chi connectivity index (χ3n) is 5.89. The number of amides is 2. The molecular weight excluding hydrogens is 332 g/mol. The van der Waals surface area contributed by atoms with Crippen LogP contribution in [0.3, 0.4) is 0 Å². The summed E-state index contributed by atoms with van der Waals surface area (Å²) in [6.07, 6.45) is 3.27. The highest BCUT2D eigenvalue weighted by molar-refractivity contribution is 5.91. The molecule has 0 radical (unpaired) electrons. The molecule has 3 aliphatic carbocycles. The smallest absolute Gasteiger partial charge is 0.288 e. The van der Waals surface area contributed by atoms with Crippen LogP contribution in [0.4, 0.5) is 8.78 Å². The zero-order valence-corrected chi connectivity index (χ0v) is 14.3. The molecule has 2 heterocycles. The molecule has 1 N–H and O–H groups in total. The number of oxazole rings is 1. The van der Waals surface area contributed by atoms with Gasteiger partial charge in [-0.2, -0.15) is 0 Å². The van der Waals surface area contributed by atoms with Gasteiger partial charge < -0.3 is 14.6 Å². The summed E-state index contributed by atoms with van der Waals surface area (Å²) in [5, 5.41) is 2.62. The largest absolute Gasteiger partial charge is 0.436 e. The fourth-order valence-electron chi connectivity index (χ4n) is 4.46. The highest BCUT2D eigenvalue weighted by Crippen LogP contribution is 2.65. The maximum atomic E-state index is 14.1. The number of alkyl halides is 2. The Kier molecular flexibility index (Phi) is 3.31. The van der Waals surface area contributed by atoms with Crippen molar-refractivity contribution in [2.75, 3.05) is 13.1 Å². The first-order valence-corrected chi connectivity index (χ1v) is 8.53. The molecule has 1 aromatic heterocycles. The molecule has 0 spiro atoms. The molecular formula is C17H21F2N3O3. The average molecular weight is 353 g/mol. The maximum absolute atomic E-state index is 14.1. The van der Waals surface area contributed by atoms with Crippen molar-refractivity contribution in [3.8, 4) is 0 Å². The van der Waals surface area contributed by atoms with Crippen molar-refractivity contribution in [1.29, 1.82) is 0 Å². The zero-order valence-electron chi connectivity index (χ0n) is 14.3. The number of hydrogen-bond donors (Lipinski definition) is 1. The Hall–Kier alpha value is -1.99. The first-order valence-electron chi connectivity index (χ1n) is 8.53. The molecule has 6 nitrogen and oxygen atoms in total. The van der Waals surface area contributed by atoms with Crippen LogP contribution in [0.15, 0.2) is 10.6 Å². The van der Waals surface area contributed by atoms with E-state index in [1.54, 1.807) is 13.8 Å². The van der Waals surface area contributed by atoms with Crippen LogP contribution in [0.5, 0.6) is 0 Å². The second-order valence-corrected chi connectivity index (χ2v) is 8.11. The average Bonchev–Trinajstić information content (AvgIpc) is 2.94. The number of nitrogens with one attached hydrogen (secondary N) is 1. The molecule has 0 aromatic carbocycles. The van der Waals surface area contributed by atoms with E-state index in [1.165, 1.54) is 11.1 Å². The van der Waals surface area contributed by atoms with Crippen LogP contribution < -0.4 is 5.32 Å². The molecule has 1 aromatic rings. The lowest BCUT2D eigenvalue weighted by molar-refractivity contribution is -0.181. The topological polar surface area (TPSA) is 75.4 Å². The Morgan fingerprint density at radius 2 is 2.08 bits per heavy atom. The van der Waals surface area contributed by atoms with Gasteiger partial charge in [0.15, 0.2) is 5.89 Å². The number of halogens is 2. The summed E-state index contributed by atoms with van der Waals surface area (Å²) in [5.74, 6) is -2.67. The van der Waals surface area contributed by atoms with E-state index < -0.39 is 35.7 Å². The van der Waals surface area contributed by atoms with Crippen molar-refractivity contribution in [2.24, 2.45) is 11.3 Å². The number of hydrogen-bond acceptors (Lipinski definition) is 4. The van der Waals surface area contributed by atoms with Crippen LogP contribution in [0.25, 0.3) is 0 Å². The van der Waals surface area contributed by atoms with Crippen LogP contribution in [0.2, 0.25) is 0 Å². The van der Waals surface area contributed by atoms with Crippen molar-refractivity contribution in [3.05, 3.63) is 17.8 Å². The first-order chi connectivity index (χ1) is 11.6. The van der Waals surface area contributed by atoms with Gasteiger partial charge in [0.25, 0.3) is 11.8 Å². The fourth-order valence-corrected chi connectivity index (χ4v) is 4.46. The number of aromatic nitrogens is 1. The van der Waals surface area contributed by atoms with E-state index in [2.05, 4.69) is 10.3 Å². The van der Waals surface area contributed by atoms with Gasteiger partial charge in [0, 0.05) is 19.9 Å². The minimum atomic E-state index is -2.94. The lowest BCUT2D eigenvalue weighted by Crippen LogP contribution is -2.64. The lowest BCUT2D eigenvalue weighted by Gasteiger charge is -2.62. The molecule has 1 unspecified atom stereocenters. The molecule has 1 saturated heterocycles. The second kappa shape index (κ2) is 5.02. The minimum absolute atomic E-state index is 0.0307. The molecule has 136 valence electrons. The van der Waals surface area contributed by atoms with Crippen molar-refractivity contribution in [1.82, 2.24) is 15.2 Å². The van der Waals surface area contributed by atoms with Crippen LogP contribution >= 0.6 is 0 Å². The Morgan fingerprint density at radius 3 is 2.60 bits per heavy atom. The number of carbonyl (C=O) groups is 2. The van der Waals surface area contributed by atoms with Crippen LogP contribution in [0.1, 0.15) is 49.1 Å². The Balaban J connectivity index is 1.48. The summed E-state index contributed by atoms with van der Waals surface area (Å²) in [4.78, 5) is 30.1. The maximum Gasteiger partial charge on any atom is 0.288 e. The summed E-state index contributed by atoms with van der Waals surface area (Å²) in [5.41, 5.74) is -1.53.